The molecule has 0 bridgehead atoms. The average molecular weight is 372 g/mol. The van der Waals surface area contributed by atoms with Gasteiger partial charge in [0.25, 0.3) is 0 Å². The largest absolute Gasteiger partial charge is 0.473 e. The summed E-state index contributed by atoms with van der Waals surface area (Å²) in [6.07, 6.45) is 14.3. The molecule has 0 amide bonds. The summed E-state index contributed by atoms with van der Waals surface area (Å²) in [4.78, 5) is 12.3. The van der Waals surface area contributed by atoms with E-state index >= 15 is 0 Å². The fourth-order valence-corrected chi connectivity index (χ4v) is 4.19. The highest BCUT2D eigenvalue weighted by molar-refractivity contribution is 5.94. The van der Waals surface area contributed by atoms with Crippen molar-refractivity contribution < 1.29 is 4.74 Å². The molecule has 0 saturated heterocycles. The van der Waals surface area contributed by atoms with Gasteiger partial charge in [-0.1, -0.05) is 49.6 Å². The molecule has 4 aromatic rings. The van der Waals surface area contributed by atoms with Gasteiger partial charge in [0.1, 0.15) is 6.61 Å². The molecular weight excluding hydrogens is 348 g/mol. The molecule has 3 aromatic heterocycles. The third-order valence-corrected chi connectivity index (χ3v) is 5.68. The molecular formula is C23H24N4O. The number of pyridine rings is 1. The monoisotopic (exact) mass is 372 g/mol. The maximum atomic E-state index is 5.94. The van der Waals surface area contributed by atoms with Crippen LogP contribution >= 0.6 is 0 Å². The Morgan fingerprint density at radius 3 is 2.79 bits per heavy atom. The van der Waals surface area contributed by atoms with Gasteiger partial charge in [-0.2, -0.15) is 0 Å². The van der Waals surface area contributed by atoms with Gasteiger partial charge in [-0.15, -0.1) is 0 Å². The number of hydrogen-bond donors (Lipinski definition) is 1. The summed E-state index contributed by atoms with van der Waals surface area (Å²) in [5, 5.41) is 1.12. The van der Waals surface area contributed by atoms with Crippen molar-refractivity contribution in [2.24, 2.45) is 0 Å². The molecule has 28 heavy (non-hydrogen) atoms. The van der Waals surface area contributed by atoms with Crippen molar-refractivity contribution in [2.75, 3.05) is 0 Å². The van der Waals surface area contributed by atoms with E-state index in [1.165, 1.54) is 37.8 Å². The van der Waals surface area contributed by atoms with Crippen LogP contribution in [0.2, 0.25) is 0 Å². The van der Waals surface area contributed by atoms with Gasteiger partial charge in [0.05, 0.1) is 29.9 Å². The van der Waals surface area contributed by atoms with Crippen molar-refractivity contribution in [1.82, 2.24) is 19.5 Å². The molecule has 142 valence electrons. The van der Waals surface area contributed by atoms with Crippen molar-refractivity contribution in [1.29, 1.82) is 0 Å². The Bertz CT molecular complexity index is 1060. The second kappa shape index (κ2) is 7.50. The average Bonchev–Trinajstić information content (AvgIpc) is 3.40. The van der Waals surface area contributed by atoms with E-state index in [0.717, 1.165) is 22.0 Å². The van der Waals surface area contributed by atoms with E-state index in [4.69, 9.17) is 4.74 Å². The molecule has 1 aliphatic carbocycles. The standard InChI is InChI=1S/C23H24N4O/c1-3-7-17(8-4-1)15-28-23-11-19-20(12-25-21(19)13-26-23)22-14-24-16-27(22)18-9-5-2-6-10-18/h1,3-4,7-8,11-14,16,18,25H,2,5-6,9-10,15H2. The molecule has 1 aliphatic rings. The van der Waals surface area contributed by atoms with E-state index in [9.17, 15) is 0 Å². The lowest BCUT2D eigenvalue weighted by atomic mass is 9.95. The summed E-state index contributed by atoms with van der Waals surface area (Å²) in [5.41, 5.74) is 4.47. The second-order valence-corrected chi connectivity index (χ2v) is 7.52. The summed E-state index contributed by atoms with van der Waals surface area (Å²) >= 11 is 0. The number of H-pyrrole nitrogens is 1. The lowest BCUT2D eigenvalue weighted by molar-refractivity contribution is 0.294. The zero-order valence-corrected chi connectivity index (χ0v) is 15.8. The smallest absolute Gasteiger partial charge is 0.214 e. The first-order chi connectivity index (χ1) is 13.9. The normalized spacial score (nSPS) is 15.1. The molecule has 1 saturated carbocycles. The van der Waals surface area contributed by atoms with Gasteiger partial charge in [-0.3, -0.25) is 0 Å². The van der Waals surface area contributed by atoms with Crippen LogP contribution in [0, 0.1) is 0 Å². The number of ether oxygens (including phenoxy) is 1. The Hall–Kier alpha value is -3.08. The molecule has 0 radical (unpaired) electrons. The third kappa shape index (κ3) is 3.28. The highest BCUT2D eigenvalue weighted by atomic mass is 16.5. The van der Waals surface area contributed by atoms with Gasteiger partial charge >= 0.3 is 0 Å². The quantitative estimate of drug-likeness (QED) is 0.502. The number of rotatable bonds is 5. The Kier molecular flexibility index (Phi) is 4.57. The SMILES string of the molecule is c1ccc(COc2cc3c(-c4cncn4C4CCCCC4)c[nH]c3cn2)cc1. The van der Waals surface area contributed by atoms with E-state index in [0.29, 0.717) is 18.5 Å². The number of aromatic amines is 1. The van der Waals surface area contributed by atoms with Gasteiger partial charge in [-0.05, 0) is 18.4 Å². The van der Waals surface area contributed by atoms with Crippen LogP contribution in [0.1, 0.15) is 43.7 Å². The number of fused-ring (bicyclic) bond motifs is 1. The Balaban J connectivity index is 1.45. The first-order valence-corrected chi connectivity index (χ1v) is 10.0. The van der Waals surface area contributed by atoms with Crippen molar-refractivity contribution in [3.63, 3.8) is 0 Å². The summed E-state index contributed by atoms with van der Waals surface area (Å²) in [7, 11) is 0. The predicted octanol–water partition coefficient (Wildman–Crippen LogP) is 5.51. The highest BCUT2D eigenvalue weighted by Gasteiger charge is 2.20. The number of nitrogens with zero attached hydrogens (tertiary/aromatic N) is 3. The first-order valence-electron chi connectivity index (χ1n) is 10.0. The van der Waals surface area contributed by atoms with E-state index in [2.05, 4.69) is 37.8 Å². The van der Waals surface area contributed by atoms with Crippen LogP contribution in [0.4, 0.5) is 0 Å². The van der Waals surface area contributed by atoms with Crippen LogP contribution in [0.5, 0.6) is 5.88 Å². The van der Waals surface area contributed by atoms with Gasteiger partial charge in [0, 0.05) is 29.3 Å². The van der Waals surface area contributed by atoms with Crippen LogP contribution in [0.3, 0.4) is 0 Å². The maximum absolute atomic E-state index is 5.94. The lowest BCUT2D eigenvalue weighted by Crippen LogP contribution is -2.12. The molecule has 0 spiro atoms. The van der Waals surface area contributed by atoms with Crippen molar-refractivity contribution in [3.05, 3.63) is 66.9 Å². The predicted molar refractivity (Wildman–Crippen MR) is 110 cm³/mol. The third-order valence-electron chi connectivity index (χ3n) is 5.68. The lowest BCUT2D eigenvalue weighted by Gasteiger charge is -2.24. The van der Waals surface area contributed by atoms with Crippen LogP contribution in [-0.4, -0.2) is 19.5 Å². The number of benzene rings is 1. The molecule has 0 unspecified atom stereocenters. The molecule has 1 aromatic carbocycles. The number of aromatic nitrogens is 4. The number of hydrogen-bond acceptors (Lipinski definition) is 3. The van der Waals surface area contributed by atoms with E-state index in [1.54, 1.807) is 0 Å². The molecule has 1 fully saturated rings. The Labute approximate surface area is 164 Å². The van der Waals surface area contributed by atoms with Gasteiger partial charge in [0.2, 0.25) is 5.88 Å². The van der Waals surface area contributed by atoms with E-state index in [1.807, 2.05) is 43.0 Å². The zero-order chi connectivity index (χ0) is 18.8. The fourth-order valence-electron chi connectivity index (χ4n) is 4.19. The van der Waals surface area contributed by atoms with Gasteiger partial charge < -0.3 is 14.3 Å². The van der Waals surface area contributed by atoms with Crippen LogP contribution in [0.15, 0.2) is 61.3 Å². The van der Waals surface area contributed by atoms with Gasteiger partial charge in [-0.25, -0.2) is 9.97 Å². The molecule has 0 atom stereocenters. The summed E-state index contributed by atoms with van der Waals surface area (Å²) in [6.45, 7) is 0.513. The molecule has 5 heteroatoms. The topological polar surface area (TPSA) is 55.7 Å². The molecule has 1 N–H and O–H groups in total. The number of imidazole rings is 1. The van der Waals surface area contributed by atoms with Gasteiger partial charge in [0.15, 0.2) is 0 Å². The van der Waals surface area contributed by atoms with E-state index < -0.39 is 0 Å². The minimum absolute atomic E-state index is 0.513. The number of nitrogens with one attached hydrogen (secondary N) is 1. The molecule has 0 aliphatic heterocycles. The maximum Gasteiger partial charge on any atom is 0.214 e. The molecule has 5 rings (SSSR count). The van der Waals surface area contributed by atoms with Crippen LogP contribution in [-0.2, 0) is 6.61 Å². The molecule has 5 nitrogen and oxygen atoms in total. The zero-order valence-electron chi connectivity index (χ0n) is 15.8. The first kappa shape index (κ1) is 17.0. The molecule has 3 heterocycles. The summed E-state index contributed by atoms with van der Waals surface area (Å²) in [6, 6.07) is 12.7. The fraction of sp³-hybridized carbons (Fsp3) is 0.304. The minimum Gasteiger partial charge on any atom is -0.473 e. The second-order valence-electron chi connectivity index (χ2n) is 7.52. The Morgan fingerprint density at radius 2 is 1.93 bits per heavy atom. The Morgan fingerprint density at radius 1 is 1.07 bits per heavy atom. The van der Waals surface area contributed by atoms with Crippen molar-refractivity contribution in [3.8, 4) is 17.1 Å². The summed E-state index contributed by atoms with van der Waals surface area (Å²) in [5.74, 6) is 0.640. The van der Waals surface area contributed by atoms with Crippen LogP contribution < -0.4 is 4.74 Å². The van der Waals surface area contributed by atoms with Crippen LogP contribution in [0.25, 0.3) is 22.2 Å². The summed E-state index contributed by atoms with van der Waals surface area (Å²) < 4.78 is 8.29. The van der Waals surface area contributed by atoms with E-state index in [-0.39, 0.29) is 0 Å². The minimum atomic E-state index is 0.513. The van der Waals surface area contributed by atoms with Crippen molar-refractivity contribution in [2.45, 2.75) is 44.8 Å². The highest BCUT2D eigenvalue weighted by Crippen LogP contribution is 2.35. The van der Waals surface area contributed by atoms with Crippen molar-refractivity contribution >= 4 is 10.9 Å².